The summed E-state index contributed by atoms with van der Waals surface area (Å²) in [4.78, 5) is 4.46. The van der Waals surface area contributed by atoms with Crippen molar-refractivity contribution < 1.29 is 4.42 Å². The lowest BCUT2D eigenvalue weighted by atomic mass is 10.1. The molecule has 0 saturated carbocycles. The molecule has 0 aliphatic rings. The van der Waals surface area contributed by atoms with Gasteiger partial charge < -0.3 is 10.2 Å². The van der Waals surface area contributed by atoms with Gasteiger partial charge in [0.05, 0.1) is 11.4 Å². The van der Waals surface area contributed by atoms with Crippen LogP contribution in [0.5, 0.6) is 0 Å². The largest absolute Gasteiger partial charge is 0.431 e. The molecule has 0 aliphatic carbocycles. The van der Waals surface area contributed by atoms with Gasteiger partial charge in [-0.2, -0.15) is 4.98 Å². The van der Waals surface area contributed by atoms with E-state index in [2.05, 4.69) is 37.0 Å². The number of benzene rings is 1. The summed E-state index contributed by atoms with van der Waals surface area (Å²) in [5, 5.41) is 0. The van der Waals surface area contributed by atoms with Crippen LogP contribution in [-0.2, 0) is 6.54 Å². The van der Waals surface area contributed by atoms with Gasteiger partial charge in [-0.05, 0) is 31.0 Å². The fourth-order valence-corrected chi connectivity index (χ4v) is 2.02. The highest BCUT2D eigenvalue weighted by Crippen LogP contribution is 2.23. The smallest absolute Gasteiger partial charge is 0.306 e. The van der Waals surface area contributed by atoms with Crippen LogP contribution >= 0.6 is 0 Å². The first kappa shape index (κ1) is 11.0. The lowest BCUT2D eigenvalue weighted by molar-refractivity contribution is 0.594. The highest BCUT2D eigenvalue weighted by molar-refractivity contribution is 5.62. The van der Waals surface area contributed by atoms with Crippen molar-refractivity contribution in [1.82, 2.24) is 9.38 Å². The Balaban J connectivity index is 2.13. The third-order valence-electron chi connectivity index (χ3n) is 3.30. The third kappa shape index (κ3) is 1.62. The number of hydrogen-bond acceptors (Lipinski definition) is 3. The van der Waals surface area contributed by atoms with Gasteiger partial charge in [-0.15, -0.1) is 0 Å². The van der Waals surface area contributed by atoms with E-state index in [4.69, 9.17) is 10.2 Å². The van der Waals surface area contributed by atoms with Gasteiger partial charge in [0, 0.05) is 18.3 Å². The van der Waals surface area contributed by atoms with E-state index < -0.39 is 0 Å². The Bertz CT molecular complexity index is 709. The fourth-order valence-electron chi connectivity index (χ4n) is 2.02. The van der Waals surface area contributed by atoms with Gasteiger partial charge in [-0.25, -0.2) is 0 Å². The summed E-state index contributed by atoms with van der Waals surface area (Å²) in [6.07, 6.45) is 3.61. The summed E-state index contributed by atoms with van der Waals surface area (Å²) in [5.74, 6) is 0.587. The molecule has 4 heteroatoms. The van der Waals surface area contributed by atoms with E-state index in [0.29, 0.717) is 12.4 Å². The van der Waals surface area contributed by atoms with Crippen LogP contribution in [0.4, 0.5) is 0 Å². The Morgan fingerprint density at radius 2 is 2.11 bits per heavy atom. The molecule has 18 heavy (non-hydrogen) atoms. The van der Waals surface area contributed by atoms with Crippen LogP contribution in [0.1, 0.15) is 16.8 Å². The molecule has 3 rings (SSSR count). The van der Waals surface area contributed by atoms with Crippen LogP contribution in [0.3, 0.4) is 0 Å². The highest BCUT2D eigenvalue weighted by Gasteiger charge is 2.10. The van der Waals surface area contributed by atoms with Gasteiger partial charge in [-0.3, -0.25) is 4.40 Å². The summed E-state index contributed by atoms with van der Waals surface area (Å²) in [6, 6.07) is 6.32. The number of nitrogens with zero attached hydrogens (tertiary/aromatic N) is 2. The molecule has 0 amide bonds. The molecule has 0 aliphatic heterocycles. The van der Waals surface area contributed by atoms with Gasteiger partial charge in [0.25, 0.3) is 0 Å². The van der Waals surface area contributed by atoms with E-state index in [1.165, 1.54) is 11.1 Å². The quantitative estimate of drug-likeness (QED) is 0.750. The monoisotopic (exact) mass is 241 g/mol. The van der Waals surface area contributed by atoms with E-state index in [9.17, 15) is 0 Å². The van der Waals surface area contributed by atoms with Gasteiger partial charge in [-0.1, -0.05) is 12.1 Å². The van der Waals surface area contributed by atoms with Crippen LogP contribution in [0.2, 0.25) is 0 Å². The van der Waals surface area contributed by atoms with Crippen LogP contribution < -0.4 is 5.73 Å². The van der Waals surface area contributed by atoms with E-state index in [1.807, 2.05) is 10.6 Å². The van der Waals surface area contributed by atoms with Gasteiger partial charge in [0.2, 0.25) is 0 Å². The molecule has 3 aromatic rings. The molecule has 2 N–H and O–H groups in total. The van der Waals surface area contributed by atoms with E-state index in [0.717, 1.165) is 17.0 Å². The molecule has 0 atom stereocenters. The first-order valence-corrected chi connectivity index (χ1v) is 5.92. The summed E-state index contributed by atoms with van der Waals surface area (Å²) in [6.45, 7) is 4.64. The summed E-state index contributed by atoms with van der Waals surface area (Å²) >= 11 is 0. The molecule has 4 nitrogen and oxygen atoms in total. The Morgan fingerprint density at radius 1 is 1.28 bits per heavy atom. The van der Waals surface area contributed by atoms with Crippen molar-refractivity contribution in [3.8, 4) is 11.3 Å². The zero-order valence-electron chi connectivity index (χ0n) is 10.5. The van der Waals surface area contributed by atoms with E-state index in [1.54, 1.807) is 6.26 Å². The van der Waals surface area contributed by atoms with Gasteiger partial charge in [0.1, 0.15) is 6.26 Å². The molecule has 0 fully saturated rings. The average molecular weight is 241 g/mol. The molecule has 0 spiro atoms. The molecular formula is C14H15N3O. The zero-order chi connectivity index (χ0) is 12.7. The fraction of sp³-hybridized carbons (Fsp3) is 0.214. The van der Waals surface area contributed by atoms with Crippen molar-refractivity contribution in [3.05, 3.63) is 47.5 Å². The summed E-state index contributed by atoms with van der Waals surface area (Å²) < 4.78 is 7.26. The number of aromatic nitrogens is 2. The van der Waals surface area contributed by atoms with Crippen molar-refractivity contribution in [2.45, 2.75) is 20.4 Å². The Kier molecular flexibility index (Phi) is 2.45. The Labute approximate surface area is 105 Å². The van der Waals surface area contributed by atoms with Crippen molar-refractivity contribution in [2.24, 2.45) is 5.73 Å². The lowest BCUT2D eigenvalue weighted by Crippen LogP contribution is -1.98. The maximum absolute atomic E-state index is 5.64. The minimum absolute atomic E-state index is 0.440. The molecule has 0 radical (unpaired) electrons. The first-order chi connectivity index (χ1) is 8.69. The molecule has 1 aromatic carbocycles. The molecule has 0 unspecified atom stereocenters. The van der Waals surface area contributed by atoms with Crippen molar-refractivity contribution in [3.63, 3.8) is 0 Å². The van der Waals surface area contributed by atoms with Crippen molar-refractivity contribution in [2.75, 3.05) is 0 Å². The predicted molar refractivity (Wildman–Crippen MR) is 70.3 cm³/mol. The first-order valence-electron chi connectivity index (χ1n) is 5.92. The van der Waals surface area contributed by atoms with Crippen LogP contribution in [0, 0.1) is 13.8 Å². The minimum atomic E-state index is 0.440. The van der Waals surface area contributed by atoms with Gasteiger partial charge >= 0.3 is 5.84 Å². The predicted octanol–water partition coefficient (Wildman–Crippen LogP) is 2.67. The van der Waals surface area contributed by atoms with Crippen LogP contribution in [0.25, 0.3) is 17.1 Å². The Hall–Kier alpha value is -2.07. The molecule has 2 heterocycles. The number of hydrogen-bond donors (Lipinski definition) is 1. The van der Waals surface area contributed by atoms with Crippen LogP contribution in [0.15, 0.2) is 35.1 Å². The number of fused-ring (bicyclic) bond motifs is 1. The van der Waals surface area contributed by atoms with Crippen LogP contribution in [-0.4, -0.2) is 9.38 Å². The third-order valence-corrected chi connectivity index (χ3v) is 3.30. The maximum atomic E-state index is 5.64. The van der Waals surface area contributed by atoms with Crippen molar-refractivity contribution in [1.29, 1.82) is 0 Å². The number of nitrogens with two attached hydrogens (primary N) is 1. The van der Waals surface area contributed by atoms with E-state index in [-0.39, 0.29) is 0 Å². The van der Waals surface area contributed by atoms with Gasteiger partial charge in [0.15, 0.2) is 0 Å². The minimum Gasteiger partial charge on any atom is -0.431 e. The molecule has 2 aromatic heterocycles. The SMILES string of the molecule is Cc1ccc(-c2cn3c(CN)coc3n2)cc1C. The Morgan fingerprint density at radius 3 is 2.83 bits per heavy atom. The van der Waals surface area contributed by atoms with E-state index >= 15 is 0 Å². The summed E-state index contributed by atoms with van der Waals surface area (Å²) in [5.41, 5.74) is 11.1. The average Bonchev–Trinajstić information content (AvgIpc) is 2.92. The standard InChI is InChI=1S/C14H15N3O/c1-9-3-4-11(5-10(9)2)13-7-17-12(6-15)8-18-14(17)16-13/h3-5,7-8H,6,15H2,1-2H3. The highest BCUT2D eigenvalue weighted by atomic mass is 16.3. The normalized spacial score (nSPS) is 11.3. The molecular weight excluding hydrogens is 226 g/mol. The molecule has 0 bridgehead atoms. The zero-order valence-corrected chi connectivity index (χ0v) is 10.5. The topological polar surface area (TPSA) is 56.5 Å². The number of imidazole rings is 1. The van der Waals surface area contributed by atoms with Crippen molar-refractivity contribution >= 4 is 5.84 Å². The number of rotatable bonds is 2. The molecule has 0 saturated heterocycles. The molecule has 92 valence electrons. The summed E-state index contributed by atoms with van der Waals surface area (Å²) in [7, 11) is 0. The number of oxazole rings is 1. The lowest BCUT2D eigenvalue weighted by Gasteiger charge is -2.02. The second-order valence-corrected chi connectivity index (χ2v) is 4.51. The number of aryl methyl sites for hydroxylation is 2. The maximum Gasteiger partial charge on any atom is 0.306 e. The second kappa shape index (κ2) is 3.99. The second-order valence-electron chi connectivity index (χ2n) is 4.51.